The predicted octanol–water partition coefficient (Wildman–Crippen LogP) is 4.13. The van der Waals surface area contributed by atoms with Crippen molar-refractivity contribution in [2.45, 2.75) is 71.3 Å². The van der Waals surface area contributed by atoms with Crippen LogP contribution in [-0.4, -0.2) is 16.5 Å². The first-order chi connectivity index (χ1) is 10.3. The fourth-order valence-electron chi connectivity index (χ4n) is 6.74. The van der Waals surface area contributed by atoms with Crippen molar-refractivity contribution in [3.8, 4) is 0 Å². The van der Waals surface area contributed by atoms with Gasteiger partial charge in [0.15, 0.2) is 5.78 Å². The Balaban J connectivity index is 1.68. The molecule has 0 spiro atoms. The van der Waals surface area contributed by atoms with Crippen LogP contribution in [-0.2, 0) is 4.79 Å². The molecule has 0 radical (unpaired) electrons. The number of allylic oxidation sites excluding steroid dienone is 1. The fraction of sp³-hybridized carbons (Fsp3) is 0.850. The lowest BCUT2D eigenvalue weighted by molar-refractivity contribution is -0.119. The highest BCUT2D eigenvalue weighted by Gasteiger charge is 2.60. The van der Waals surface area contributed by atoms with Crippen molar-refractivity contribution in [2.75, 3.05) is 0 Å². The Bertz CT molecular complexity index is 532. The maximum atomic E-state index is 11.8. The van der Waals surface area contributed by atoms with Crippen molar-refractivity contribution in [2.24, 2.45) is 35.0 Å². The molecule has 0 bridgehead atoms. The quantitative estimate of drug-likeness (QED) is 0.730. The Morgan fingerprint density at radius 3 is 2.68 bits per heavy atom. The van der Waals surface area contributed by atoms with Crippen LogP contribution in [0.25, 0.3) is 0 Å². The molecule has 0 aromatic heterocycles. The van der Waals surface area contributed by atoms with Crippen LogP contribution in [0.1, 0.15) is 65.7 Å². The van der Waals surface area contributed by atoms with E-state index in [2.05, 4.69) is 20.8 Å². The van der Waals surface area contributed by atoms with Gasteiger partial charge in [-0.1, -0.05) is 19.4 Å². The summed E-state index contributed by atoms with van der Waals surface area (Å²) in [7, 11) is 0. The minimum absolute atomic E-state index is 0.111. The number of carbonyl (C=O) groups is 1. The van der Waals surface area contributed by atoms with E-state index in [1.165, 1.54) is 24.8 Å². The van der Waals surface area contributed by atoms with Gasteiger partial charge in [-0.15, -0.1) is 0 Å². The molecule has 2 nitrogen and oxygen atoms in total. The van der Waals surface area contributed by atoms with E-state index in [1.54, 1.807) is 0 Å². The second-order valence-electron chi connectivity index (χ2n) is 9.10. The summed E-state index contributed by atoms with van der Waals surface area (Å²) in [5.74, 6) is 3.77. The zero-order chi connectivity index (χ0) is 15.7. The Hall–Kier alpha value is -0.630. The number of rotatable bonds is 0. The average Bonchev–Trinajstić information content (AvgIpc) is 2.70. The predicted molar refractivity (Wildman–Crippen MR) is 87.3 cm³/mol. The molecule has 1 unspecified atom stereocenters. The van der Waals surface area contributed by atoms with Crippen molar-refractivity contribution in [1.82, 2.24) is 0 Å². The van der Waals surface area contributed by atoms with Crippen molar-refractivity contribution >= 4 is 5.78 Å². The summed E-state index contributed by atoms with van der Waals surface area (Å²) < 4.78 is 0. The average molecular weight is 302 g/mol. The second-order valence-corrected chi connectivity index (χ2v) is 9.10. The lowest BCUT2D eigenvalue weighted by Crippen LogP contribution is -2.52. The maximum absolute atomic E-state index is 11.8. The molecular formula is C20H30O2. The van der Waals surface area contributed by atoms with Gasteiger partial charge in [0, 0.05) is 6.42 Å². The minimum atomic E-state index is -0.482. The Kier molecular flexibility index (Phi) is 3.18. The Morgan fingerprint density at radius 1 is 1.14 bits per heavy atom. The number of fused-ring (bicyclic) bond motifs is 5. The van der Waals surface area contributed by atoms with Gasteiger partial charge >= 0.3 is 0 Å². The highest BCUT2D eigenvalue weighted by Crippen LogP contribution is 2.65. The third-order valence-corrected chi connectivity index (χ3v) is 8.22. The van der Waals surface area contributed by atoms with Crippen molar-refractivity contribution < 1.29 is 9.90 Å². The van der Waals surface area contributed by atoms with Gasteiger partial charge in [0.25, 0.3) is 0 Å². The van der Waals surface area contributed by atoms with Crippen LogP contribution in [0.5, 0.6) is 0 Å². The van der Waals surface area contributed by atoms with Crippen molar-refractivity contribution in [1.29, 1.82) is 0 Å². The van der Waals surface area contributed by atoms with Crippen molar-refractivity contribution in [3.05, 3.63) is 11.6 Å². The maximum Gasteiger partial charge on any atom is 0.155 e. The summed E-state index contributed by atoms with van der Waals surface area (Å²) in [6.45, 7) is 6.75. The Labute approximate surface area is 134 Å². The molecule has 0 heterocycles. The minimum Gasteiger partial charge on any atom is -0.390 e. The van der Waals surface area contributed by atoms with Gasteiger partial charge in [-0.2, -0.15) is 0 Å². The first kappa shape index (κ1) is 14.9. The molecule has 4 aliphatic carbocycles. The van der Waals surface area contributed by atoms with Gasteiger partial charge in [0.05, 0.1) is 5.60 Å². The molecule has 3 fully saturated rings. The second kappa shape index (κ2) is 4.69. The van der Waals surface area contributed by atoms with E-state index in [-0.39, 0.29) is 5.41 Å². The van der Waals surface area contributed by atoms with Crippen LogP contribution >= 0.6 is 0 Å². The van der Waals surface area contributed by atoms with Gasteiger partial charge in [0.1, 0.15) is 0 Å². The topological polar surface area (TPSA) is 37.3 Å². The molecule has 122 valence electrons. The lowest BCUT2D eigenvalue weighted by atomic mass is 9.49. The molecular weight excluding hydrogens is 272 g/mol. The Morgan fingerprint density at radius 2 is 1.91 bits per heavy atom. The zero-order valence-corrected chi connectivity index (χ0v) is 14.3. The van der Waals surface area contributed by atoms with Gasteiger partial charge in [-0.3, -0.25) is 4.79 Å². The summed E-state index contributed by atoms with van der Waals surface area (Å²) in [5, 5.41) is 10.9. The number of hydrogen-bond donors (Lipinski definition) is 1. The smallest absolute Gasteiger partial charge is 0.155 e. The zero-order valence-electron chi connectivity index (χ0n) is 14.3. The fourth-order valence-corrected chi connectivity index (χ4v) is 6.74. The summed E-state index contributed by atoms with van der Waals surface area (Å²) in [5.41, 5.74) is 1.09. The van der Waals surface area contributed by atoms with Crippen LogP contribution in [0.15, 0.2) is 11.6 Å². The van der Waals surface area contributed by atoms with E-state index in [0.29, 0.717) is 23.5 Å². The van der Waals surface area contributed by atoms with Crippen LogP contribution in [0, 0.1) is 35.0 Å². The van der Waals surface area contributed by atoms with E-state index in [1.807, 2.05) is 6.08 Å². The summed E-state index contributed by atoms with van der Waals surface area (Å²) in [6.07, 6.45) is 9.64. The third-order valence-electron chi connectivity index (χ3n) is 8.22. The lowest BCUT2D eigenvalue weighted by Gasteiger charge is -2.56. The molecule has 0 amide bonds. The molecule has 2 heteroatoms. The molecule has 22 heavy (non-hydrogen) atoms. The summed E-state index contributed by atoms with van der Waals surface area (Å²) >= 11 is 0. The molecule has 4 rings (SSSR count). The standard InChI is InChI=1S/C20H30O2/c1-12-10-17-15(14-5-4-13(21)11-16(12)14)6-8-19(2)18(17)7-9-20(19,3)22/h11-12,14-15,17-18,22H,4-10H2,1-3H3/t12-,14+,15+,17?,18-,19-,20-/m0/s1. The number of carbonyl (C=O) groups excluding carboxylic acids is 1. The third kappa shape index (κ3) is 1.85. The number of hydrogen-bond acceptors (Lipinski definition) is 2. The van der Waals surface area contributed by atoms with E-state index >= 15 is 0 Å². The van der Waals surface area contributed by atoms with E-state index in [4.69, 9.17) is 0 Å². The van der Waals surface area contributed by atoms with E-state index < -0.39 is 5.60 Å². The molecule has 4 aliphatic rings. The molecule has 7 atom stereocenters. The molecule has 0 aromatic rings. The monoisotopic (exact) mass is 302 g/mol. The van der Waals surface area contributed by atoms with Crippen molar-refractivity contribution in [3.63, 3.8) is 0 Å². The summed E-state index contributed by atoms with van der Waals surface area (Å²) in [4.78, 5) is 11.8. The van der Waals surface area contributed by atoms with Gasteiger partial charge in [0.2, 0.25) is 0 Å². The van der Waals surface area contributed by atoms with Gasteiger partial charge < -0.3 is 5.11 Å². The highest BCUT2D eigenvalue weighted by molar-refractivity contribution is 5.91. The first-order valence-corrected chi connectivity index (χ1v) is 9.30. The number of aliphatic hydroxyl groups is 1. The number of ketones is 1. The van der Waals surface area contributed by atoms with Crippen LogP contribution in [0.3, 0.4) is 0 Å². The highest BCUT2D eigenvalue weighted by atomic mass is 16.3. The SMILES string of the molecule is C[C@H]1CC2[C@H](CC[C@@]3(C)[C@H]2CC[C@]3(C)O)[C@H]2CCC(=O)C=C12. The molecule has 0 aromatic carbocycles. The molecule has 0 saturated heterocycles. The van der Waals surface area contributed by atoms with E-state index in [0.717, 1.165) is 37.5 Å². The largest absolute Gasteiger partial charge is 0.390 e. The van der Waals surface area contributed by atoms with Crippen LogP contribution in [0.4, 0.5) is 0 Å². The first-order valence-electron chi connectivity index (χ1n) is 9.30. The van der Waals surface area contributed by atoms with E-state index in [9.17, 15) is 9.90 Å². The molecule has 0 aliphatic heterocycles. The van der Waals surface area contributed by atoms with Gasteiger partial charge in [-0.05, 0) is 86.5 Å². The molecule has 1 N–H and O–H groups in total. The van der Waals surface area contributed by atoms with Gasteiger partial charge in [-0.25, -0.2) is 0 Å². The molecule has 3 saturated carbocycles. The van der Waals surface area contributed by atoms with Crippen LogP contribution in [0.2, 0.25) is 0 Å². The van der Waals surface area contributed by atoms with Crippen LogP contribution < -0.4 is 0 Å². The normalized spacial score (nSPS) is 54.3. The summed E-state index contributed by atoms with van der Waals surface area (Å²) in [6, 6.07) is 0.